The van der Waals surface area contributed by atoms with Crippen molar-refractivity contribution in [3.63, 3.8) is 0 Å². The zero-order chi connectivity index (χ0) is 14.9. The number of hydrogen-bond donors (Lipinski definition) is 2. The molecule has 1 atom stereocenters. The lowest BCUT2D eigenvalue weighted by molar-refractivity contribution is 0.535. The van der Waals surface area contributed by atoms with Crippen LogP contribution in [0.15, 0.2) is 41.6 Å². The highest BCUT2D eigenvalue weighted by molar-refractivity contribution is 7.89. The fourth-order valence-electron chi connectivity index (χ4n) is 2.23. The summed E-state index contributed by atoms with van der Waals surface area (Å²) in [6.07, 6.45) is 5.77. The number of benzene rings is 1. The van der Waals surface area contributed by atoms with Gasteiger partial charge in [-0.2, -0.15) is 0 Å². The van der Waals surface area contributed by atoms with E-state index in [0.717, 1.165) is 10.8 Å². The number of aromatic nitrogens is 1. The number of nitrogens with one attached hydrogen (secondary N) is 2. The lowest BCUT2D eigenvalue weighted by atomic mass is 10.2. The highest BCUT2D eigenvalue weighted by Crippen LogP contribution is 2.19. The standard InChI is InChI=1S/C15H19N3O2S.2ClH/c1-11(9-17-14-3-4-14)18-21(19,20)15-5-2-13-10-16-7-6-12(13)8-15;;/h2,5-8,10-11,14,17-18H,3-4,9H2,1H3;2*1H/t11-;;/m1../s1. The fourth-order valence-corrected chi connectivity index (χ4v) is 3.51. The van der Waals surface area contributed by atoms with Gasteiger partial charge in [-0.05, 0) is 43.4 Å². The third kappa shape index (κ3) is 5.29. The van der Waals surface area contributed by atoms with Gasteiger partial charge < -0.3 is 5.32 Å². The quantitative estimate of drug-likeness (QED) is 0.810. The van der Waals surface area contributed by atoms with Crippen molar-refractivity contribution in [2.75, 3.05) is 6.54 Å². The molecule has 1 aromatic heterocycles. The Kier molecular flexibility index (Phi) is 7.23. The number of nitrogens with zero attached hydrogens (tertiary/aromatic N) is 1. The first-order valence-electron chi connectivity index (χ1n) is 7.14. The predicted octanol–water partition coefficient (Wildman–Crippen LogP) is 2.50. The van der Waals surface area contributed by atoms with Crippen LogP contribution in [0.4, 0.5) is 0 Å². The van der Waals surface area contributed by atoms with E-state index in [0.29, 0.717) is 17.5 Å². The molecule has 1 fully saturated rings. The minimum atomic E-state index is -3.49. The first-order valence-corrected chi connectivity index (χ1v) is 8.62. The minimum absolute atomic E-state index is 0. The van der Waals surface area contributed by atoms with Crippen LogP contribution in [0, 0.1) is 0 Å². The Hall–Kier alpha value is -0.920. The second kappa shape index (κ2) is 8.26. The van der Waals surface area contributed by atoms with Crippen molar-refractivity contribution in [3.05, 3.63) is 36.7 Å². The average Bonchev–Trinajstić information content (AvgIpc) is 3.28. The van der Waals surface area contributed by atoms with Crippen molar-refractivity contribution in [1.29, 1.82) is 0 Å². The molecule has 5 nitrogen and oxygen atoms in total. The van der Waals surface area contributed by atoms with E-state index in [4.69, 9.17) is 0 Å². The van der Waals surface area contributed by atoms with E-state index in [2.05, 4.69) is 15.0 Å². The molecule has 0 amide bonds. The van der Waals surface area contributed by atoms with Crippen LogP contribution in [0.25, 0.3) is 10.8 Å². The highest BCUT2D eigenvalue weighted by Gasteiger charge is 2.23. The molecule has 0 bridgehead atoms. The lowest BCUT2D eigenvalue weighted by Gasteiger charge is -2.15. The van der Waals surface area contributed by atoms with Gasteiger partial charge in [0.1, 0.15) is 0 Å². The molecule has 1 heterocycles. The summed E-state index contributed by atoms with van der Waals surface area (Å²) in [5.41, 5.74) is 0. The first-order chi connectivity index (χ1) is 10.0. The van der Waals surface area contributed by atoms with E-state index in [1.54, 1.807) is 30.6 Å². The summed E-state index contributed by atoms with van der Waals surface area (Å²) in [5, 5.41) is 5.13. The van der Waals surface area contributed by atoms with Crippen molar-refractivity contribution in [2.24, 2.45) is 0 Å². The van der Waals surface area contributed by atoms with Gasteiger partial charge in [0.15, 0.2) is 0 Å². The molecule has 23 heavy (non-hydrogen) atoms. The Labute approximate surface area is 149 Å². The Morgan fingerprint density at radius 2 is 1.96 bits per heavy atom. The normalized spacial score (nSPS) is 15.5. The van der Waals surface area contributed by atoms with Crippen LogP contribution >= 0.6 is 24.8 Å². The number of sulfonamides is 1. The lowest BCUT2D eigenvalue weighted by Crippen LogP contribution is -2.40. The van der Waals surface area contributed by atoms with E-state index >= 15 is 0 Å². The maximum absolute atomic E-state index is 12.4. The Morgan fingerprint density at radius 1 is 1.22 bits per heavy atom. The topological polar surface area (TPSA) is 71.1 Å². The van der Waals surface area contributed by atoms with Gasteiger partial charge in [-0.15, -0.1) is 24.8 Å². The number of fused-ring (bicyclic) bond motifs is 1. The summed E-state index contributed by atoms with van der Waals surface area (Å²) < 4.78 is 27.5. The molecule has 2 N–H and O–H groups in total. The molecule has 0 aliphatic heterocycles. The molecule has 1 saturated carbocycles. The van der Waals surface area contributed by atoms with Gasteiger partial charge in [0.05, 0.1) is 4.90 Å². The number of rotatable bonds is 6. The fraction of sp³-hybridized carbons (Fsp3) is 0.400. The maximum atomic E-state index is 12.4. The van der Waals surface area contributed by atoms with Gasteiger partial charge in [0.25, 0.3) is 0 Å². The molecule has 0 radical (unpaired) electrons. The number of hydrogen-bond acceptors (Lipinski definition) is 4. The van der Waals surface area contributed by atoms with E-state index in [1.165, 1.54) is 12.8 Å². The molecule has 0 unspecified atom stereocenters. The van der Waals surface area contributed by atoms with Gasteiger partial charge in [0, 0.05) is 36.4 Å². The SMILES string of the molecule is C[C@H](CNC1CC1)NS(=O)(=O)c1ccc2cnccc2c1.Cl.Cl. The van der Waals surface area contributed by atoms with Gasteiger partial charge in [-0.1, -0.05) is 6.07 Å². The second-order valence-electron chi connectivity index (χ2n) is 5.59. The Bertz CT molecular complexity index is 751. The van der Waals surface area contributed by atoms with Crippen LogP contribution in [0.5, 0.6) is 0 Å². The first kappa shape index (κ1) is 20.1. The van der Waals surface area contributed by atoms with E-state index in [-0.39, 0.29) is 30.9 Å². The molecule has 1 aromatic carbocycles. The Morgan fingerprint density at radius 3 is 2.65 bits per heavy atom. The Balaban J connectivity index is 0.00000132. The third-order valence-corrected chi connectivity index (χ3v) is 5.16. The summed E-state index contributed by atoms with van der Waals surface area (Å²) >= 11 is 0. The molecule has 1 aliphatic carbocycles. The van der Waals surface area contributed by atoms with Gasteiger partial charge in [-0.3, -0.25) is 4.98 Å². The smallest absolute Gasteiger partial charge is 0.240 e. The van der Waals surface area contributed by atoms with Gasteiger partial charge >= 0.3 is 0 Å². The van der Waals surface area contributed by atoms with Crippen molar-refractivity contribution in [3.8, 4) is 0 Å². The van der Waals surface area contributed by atoms with Crippen LogP contribution in [0.3, 0.4) is 0 Å². The molecule has 0 saturated heterocycles. The maximum Gasteiger partial charge on any atom is 0.240 e. The van der Waals surface area contributed by atoms with E-state index in [9.17, 15) is 8.42 Å². The summed E-state index contributed by atoms with van der Waals surface area (Å²) in [6, 6.07) is 7.33. The number of halogens is 2. The van der Waals surface area contributed by atoms with Gasteiger partial charge in [0.2, 0.25) is 10.0 Å². The van der Waals surface area contributed by atoms with Crippen LogP contribution in [-0.2, 0) is 10.0 Å². The van der Waals surface area contributed by atoms with Crippen molar-refractivity contribution in [1.82, 2.24) is 15.0 Å². The highest BCUT2D eigenvalue weighted by atomic mass is 35.5. The molecule has 3 rings (SSSR count). The van der Waals surface area contributed by atoms with Crippen LogP contribution in [0.1, 0.15) is 19.8 Å². The second-order valence-corrected chi connectivity index (χ2v) is 7.30. The zero-order valence-electron chi connectivity index (χ0n) is 12.7. The number of pyridine rings is 1. The summed E-state index contributed by atoms with van der Waals surface area (Å²) in [7, 11) is -3.49. The molecule has 2 aromatic rings. The van der Waals surface area contributed by atoms with E-state index in [1.807, 2.05) is 13.0 Å². The third-order valence-electron chi connectivity index (χ3n) is 3.57. The molecular weight excluding hydrogens is 357 g/mol. The van der Waals surface area contributed by atoms with Gasteiger partial charge in [-0.25, -0.2) is 13.1 Å². The zero-order valence-corrected chi connectivity index (χ0v) is 15.2. The summed E-state index contributed by atoms with van der Waals surface area (Å²) in [6.45, 7) is 2.53. The van der Waals surface area contributed by atoms with Crippen molar-refractivity contribution in [2.45, 2.75) is 36.7 Å². The molecule has 8 heteroatoms. The van der Waals surface area contributed by atoms with Crippen molar-refractivity contribution < 1.29 is 8.42 Å². The molecule has 0 spiro atoms. The monoisotopic (exact) mass is 377 g/mol. The average molecular weight is 378 g/mol. The van der Waals surface area contributed by atoms with Crippen LogP contribution in [0.2, 0.25) is 0 Å². The summed E-state index contributed by atoms with van der Waals surface area (Å²) in [4.78, 5) is 4.32. The van der Waals surface area contributed by atoms with Crippen molar-refractivity contribution >= 4 is 45.6 Å². The predicted molar refractivity (Wildman–Crippen MR) is 97.0 cm³/mol. The van der Waals surface area contributed by atoms with Crippen LogP contribution in [-0.4, -0.2) is 32.0 Å². The largest absolute Gasteiger partial charge is 0.312 e. The molecular formula is C15H21Cl2N3O2S. The summed E-state index contributed by atoms with van der Waals surface area (Å²) in [5.74, 6) is 0. The molecule has 128 valence electrons. The van der Waals surface area contributed by atoms with Crippen LogP contribution < -0.4 is 10.0 Å². The van der Waals surface area contributed by atoms with E-state index < -0.39 is 10.0 Å². The molecule has 1 aliphatic rings. The minimum Gasteiger partial charge on any atom is -0.312 e.